The summed E-state index contributed by atoms with van der Waals surface area (Å²) in [7, 11) is 1.62. The minimum atomic E-state index is -1.06. The molecule has 1 N–H and O–H groups in total. The van der Waals surface area contributed by atoms with E-state index in [-0.39, 0.29) is 6.79 Å². The first kappa shape index (κ1) is 13.8. The lowest BCUT2D eigenvalue weighted by Crippen LogP contribution is -2.26. The average Bonchev–Trinajstić information content (AvgIpc) is 3.01. The van der Waals surface area contributed by atoms with Gasteiger partial charge in [-0.3, -0.25) is 0 Å². The molecular weight excluding hydrogens is 268 g/mol. The van der Waals surface area contributed by atoms with Gasteiger partial charge in [-0.2, -0.15) is 0 Å². The van der Waals surface area contributed by atoms with Crippen LogP contribution < -0.4 is 14.2 Å². The van der Waals surface area contributed by atoms with Gasteiger partial charge in [0.1, 0.15) is 11.4 Å². The maximum atomic E-state index is 11.1. The minimum absolute atomic E-state index is 0.228. The summed E-state index contributed by atoms with van der Waals surface area (Å²) in [5.41, 5.74) is 0.553. The van der Waals surface area contributed by atoms with Gasteiger partial charge >= 0.3 is 0 Å². The fourth-order valence-electron chi connectivity index (χ4n) is 2.60. The molecule has 0 aliphatic carbocycles. The van der Waals surface area contributed by atoms with Crippen LogP contribution in [0.5, 0.6) is 17.2 Å². The predicted octanol–water partition coefficient (Wildman–Crippen LogP) is 3.07. The van der Waals surface area contributed by atoms with E-state index in [1.165, 1.54) is 0 Å². The standard InChI is InChI=1S/C17H18O4/c1-3-17(18,12-4-7-14(19-2)8-5-12)13-6-9-15-16(10-13)21-11-20-15/h4-10,18H,3,11H2,1-2H3. The first-order valence-electron chi connectivity index (χ1n) is 6.94. The minimum Gasteiger partial charge on any atom is -0.497 e. The van der Waals surface area contributed by atoms with Crippen LogP contribution in [-0.2, 0) is 5.60 Å². The van der Waals surface area contributed by atoms with E-state index in [4.69, 9.17) is 14.2 Å². The molecule has 2 aromatic rings. The van der Waals surface area contributed by atoms with E-state index in [1.54, 1.807) is 7.11 Å². The Hall–Kier alpha value is -2.20. The van der Waals surface area contributed by atoms with Crippen molar-refractivity contribution in [2.45, 2.75) is 18.9 Å². The van der Waals surface area contributed by atoms with Crippen molar-refractivity contribution in [1.82, 2.24) is 0 Å². The molecule has 0 amide bonds. The van der Waals surface area contributed by atoms with Crippen LogP contribution in [0.2, 0.25) is 0 Å². The number of hydrogen-bond donors (Lipinski definition) is 1. The van der Waals surface area contributed by atoms with Gasteiger partial charge in [0.05, 0.1) is 7.11 Å². The molecule has 1 unspecified atom stereocenters. The van der Waals surface area contributed by atoms with Gasteiger partial charge in [0.15, 0.2) is 11.5 Å². The molecule has 110 valence electrons. The van der Waals surface area contributed by atoms with E-state index in [9.17, 15) is 5.11 Å². The van der Waals surface area contributed by atoms with Crippen molar-refractivity contribution in [2.24, 2.45) is 0 Å². The summed E-state index contributed by atoms with van der Waals surface area (Å²) in [6, 6.07) is 13.0. The molecule has 0 radical (unpaired) electrons. The van der Waals surface area contributed by atoms with Crippen molar-refractivity contribution in [3.63, 3.8) is 0 Å². The van der Waals surface area contributed by atoms with Gasteiger partial charge in [-0.05, 0) is 41.8 Å². The zero-order valence-corrected chi connectivity index (χ0v) is 12.1. The van der Waals surface area contributed by atoms with Gasteiger partial charge in [-0.25, -0.2) is 0 Å². The van der Waals surface area contributed by atoms with Crippen molar-refractivity contribution in [2.75, 3.05) is 13.9 Å². The van der Waals surface area contributed by atoms with Gasteiger partial charge in [0.2, 0.25) is 6.79 Å². The number of methoxy groups -OCH3 is 1. The van der Waals surface area contributed by atoms with Crippen molar-refractivity contribution >= 4 is 0 Å². The molecule has 4 heteroatoms. The molecule has 0 spiro atoms. The molecule has 4 nitrogen and oxygen atoms in total. The second-order valence-corrected chi connectivity index (χ2v) is 5.01. The van der Waals surface area contributed by atoms with Crippen LogP contribution >= 0.6 is 0 Å². The van der Waals surface area contributed by atoms with Gasteiger partial charge < -0.3 is 19.3 Å². The monoisotopic (exact) mass is 286 g/mol. The molecule has 1 atom stereocenters. The van der Waals surface area contributed by atoms with Crippen LogP contribution in [0.15, 0.2) is 42.5 Å². The smallest absolute Gasteiger partial charge is 0.231 e. The van der Waals surface area contributed by atoms with Crippen molar-refractivity contribution in [3.8, 4) is 17.2 Å². The summed E-state index contributed by atoms with van der Waals surface area (Å²) in [5, 5.41) is 11.1. The third-order valence-electron chi connectivity index (χ3n) is 3.93. The number of ether oxygens (including phenoxy) is 3. The third-order valence-corrected chi connectivity index (χ3v) is 3.93. The molecule has 0 saturated carbocycles. The maximum Gasteiger partial charge on any atom is 0.231 e. The van der Waals surface area contributed by atoms with Crippen molar-refractivity contribution in [3.05, 3.63) is 53.6 Å². The van der Waals surface area contributed by atoms with Crippen LogP contribution in [-0.4, -0.2) is 19.0 Å². The Labute approximate surface area is 123 Å². The molecular formula is C17H18O4. The first-order valence-corrected chi connectivity index (χ1v) is 6.94. The largest absolute Gasteiger partial charge is 0.497 e. The van der Waals surface area contributed by atoms with E-state index in [2.05, 4.69) is 0 Å². The van der Waals surface area contributed by atoms with Crippen LogP contribution in [0.25, 0.3) is 0 Å². The Morgan fingerprint density at radius 3 is 2.38 bits per heavy atom. The summed E-state index contributed by atoms with van der Waals surface area (Å²) >= 11 is 0. The fraction of sp³-hybridized carbons (Fsp3) is 0.294. The SMILES string of the molecule is CCC(O)(c1ccc(OC)cc1)c1ccc2c(c1)OCO2. The van der Waals surface area contributed by atoms with Gasteiger partial charge in [0.25, 0.3) is 0 Å². The van der Waals surface area contributed by atoms with Gasteiger partial charge in [-0.15, -0.1) is 0 Å². The zero-order chi connectivity index (χ0) is 14.9. The van der Waals surface area contributed by atoms with Crippen LogP contribution in [0.3, 0.4) is 0 Å². The number of hydrogen-bond acceptors (Lipinski definition) is 4. The molecule has 0 fully saturated rings. The third kappa shape index (κ3) is 2.32. The molecule has 3 rings (SSSR count). The summed E-state index contributed by atoms with van der Waals surface area (Å²) in [4.78, 5) is 0. The molecule has 1 aliphatic heterocycles. The van der Waals surface area contributed by atoms with Crippen LogP contribution in [0.4, 0.5) is 0 Å². The highest BCUT2D eigenvalue weighted by Gasteiger charge is 2.31. The normalized spacial score (nSPS) is 15.6. The lowest BCUT2D eigenvalue weighted by atomic mass is 9.84. The fourth-order valence-corrected chi connectivity index (χ4v) is 2.60. The number of fused-ring (bicyclic) bond motifs is 1. The highest BCUT2D eigenvalue weighted by Crippen LogP contribution is 2.40. The quantitative estimate of drug-likeness (QED) is 0.938. The second kappa shape index (κ2) is 5.30. The average molecular weight is 286 g/mol. The summed E-state index contributed by atoms with van der Waals surface area (Å²) in [5.74, 6) is 2.16. The highest BCUT2D eigenvalue weighted by molar-refractivity contribution is 5.49. The van der Waals surface area contributed by atoms with E-state index in [0.717, 1.165) is 16.9 Å². The topological polar surface area (TPSA) is 47.9 Å². The van der Waals surface area contributed by atoms with Gasteiger partial charge in [-0.1, -0.05) is 25.1 Å². The van der Waals surface area contributed by atoms with Crippen LogP contribution in [0.1, 0.15) is 24.5 Å². The number of rotatable bonds is 4. The van der Waals surface area contributed by atoms with E-state index in [1.807, 2.05) is 49.4 Å². The molecule has 1 aliphatic rings. The lowest BCUT2D eigenvalue weighted by Gasteiger charge is -2.28. The first-order chi connectivity index (χ1) is 10.2. The Morgan fingerprint density at radius 1 is 1.05 bits per heavy atom. The van der Waals surface area contributed by atoms with Gasteiger partial charge in [0, 0.05) is 0 Å². The molecule has 2 aromatic carbocycles. The highest BCUT2D eigenvalue weighted by atomic mass is 16.7. The summed E-state index contributed by atoms with van der Waals surface area (Å²) < 4.78 is 15.9. The van der Waals surface area contributed by atoms with Crippen LogP contribution in [0, 0.1) is 0 Å². The molecule has 0 aromatic heterocycles. The Bertz CT molecular complexity index is 636. The summed E-state index contributed by atoms with van der Waals surface area (Å²) in [6.45, 7) is 2.18. The molecule has 21 heavy (non-hydrogen) atoms. The lowest BCUT2D eigenvalue weighted by molar-refractivity contribution is 0.0762. The zero-order valence-electron chi connectivity index (χ0n) is 12.1. The Morgan fingerprint density at radius 2 is 1.71 bits per heavy atom. The predicted molar refractivity (Wildman–Crippen MR) is 78.8 cm³/mol. The Kier molecular flexibility index (Phi) is 3.47. The number of aliphatic hydroxyl groups is 1. The number of benzene rings is 2. The maximum absolute atomic E-state index is 11.1. The Balaban J connectivity index is 2.02. The van der Waals surface area contributed by atoms with Crippen molar-refractivity contribution in [1.29, 1.82) is 0 Å². The van der Waals surface area contributed by atoms with E-state index in [0.29, 0.717) is 17.9 Å². The molecule has 1 heterocycles. The summed E-state index contributed by atoms with van der Waals surface area (Å²) in [6.07, 6.45) is 0.555. The molecule has 0 bridgehead atoms. The molecule has 0 saturated heterocycles. The van der Waals surface area contributed by atoms with Crippen molar-refractivity contribution < 1.29 is 19.3 Å². The van der Waals surface area contributed by atoms with E-state index >= 15 is 0 Å². The van der Waals surface area contributed by atoms with E-state index < -0.39 is 5.60 Å². The second-order valence-electron chi connectivity index (χ2n) is 5.01.